The predicted molar refractivity (Wildman–Crippen MR) is 145 cm³/mol. The van der Waals surface area contributed by atoms with Crippen LogP contribution >= 0.6 is 0 Å². The van der Waals surface area contributed by atoms with Crippen molar-refractivity contribution in [1.82, 2.24) is 14.9 Å². The second-order valence-corrected chi connectivity index (χ2v) is 11.7. The van der Waals surface area contributed by atoms with Crippen molar-refractivity contribution < 1.29 is 23.1 Å². The van der Waals surface area contributed by atoms with E-state index in [1.54, 1.807) is 53.4 Å². The molecule has 0 saturated carbocycles. The van der Waals surface area contributed by atoms with Crippen molar-refractivity contribution in [3.05, 3.63) is 71.8 Å². The molecule has 3 aromatic carbocycles. The van der Waals surface area contributed by atoms with Crippen molar-refractivity contribution >= 4 is 38.3 Å². The highest BCUT2D eigenvalue weighted by Gasteiger charge is 2.34. The molecule has 10 heteroatoms. The van der Waals surface area contributed by atoms with Gasteiger partial charge in [-0.05, 0) is 49.9 Å². The van der Waals surface area contributed by atoms with Gasteiger partial charge in [0, 0.05) is 47.7 Å². The zero-order valence-corrected chi connectivity index (χ0v) is 22.0. The van der Waals surface area contributed by atoms with E-state index < -0.39 is 16.1 Å². The van der Waals surface area contributed by atoms with E-state index in [0.29, 0.717) is 60.9 Å². The highest BCUT2D eigenvalue weighted by molar-refractivity contribution is 7.89. The Morgan fingerprint density at radius 3 is 2.39 bits per heavy atom. The lowest BCUT2D eigenvalue weighted by Gasteiger charge is -2.33. The summed E-state index contributed by atoms with van der Waals surface area (Å²) in [7, 11) is -3.86. The van der Waals surface area contributed by atoms with Crippen molar-refractivity contribution in [2.24, 2.45) is 0 Å². The third-order valence-electron chi connectivity index (χ3n) is 7.34. The largest absolute Gasteiger partial charge is 0.392 e. The van der Waals surface area contributed by atoms with Crippen molar-refractivity contribution in [1.29, 1.82) is 0 Å². The van der Waals surface area contributed by atoms with Crippen molar-refractivity contribution in [3.8, 4) is 0 Å². The van der Waals surface area contributed by atoms with Gasteiger partial charge in [0.2, 0.25) is 15.9 Å². The summed E-state index contributed by atoms with van der Waals surface area (Å²) in [4.78, 5) is 27.5. The number of likely N-dealkylation sites (tertiary alicyclic amines) is 1. The molecule has 38 heavy (non-hydrogen) atoms. The number of β-amino-alcohol motifs (C(OH)–C–C–N with tert-alkyl or cyclic N) is 1. The van der Waals surface area contributed by atoms with Crippen LogP contribution in [0.1, 0.15) is 35.2 Å². The Morgan fingerprint density at radius 2 is 1.68 bits per heavy atom. The number of rotatable bonds is 6. The molecular weight excluding hydrogens is 504 g/mol. The van der Waals surface area contributed by atoms with E-state index in [9.17, 15) is 23.1 Å². The molecule has 0 bridgehead atoms. The average Bonchev–Trinajstić information content (AvgIpc) is 3.34. The quantitative estimate of drug-likeness (QED) is 0.383. The molecule has 0 aromatic heterocycles. The Hall–Kier alpha value is -3.31. The number of anilines is 1. The number of nitrogens with zero attached hydrogens (tertiary/aromatic N) is 1. The summed E-state index contributed by atoms with van der Waals surface area (Å²) in [6, 6.07) is 16.9. The fourth-order valence-corrected chi connectivity index (χ4v) is 6.79. The maximum atomic E-state index is 13.5. The van der Waals surface area contributed by atoms with E-state index in [4.69, 9.17) is 0 Å². The number of aryl methyl sites for hydroxylation is 1. The van der Waals surface area contributed by atoms with Crippen LogP contribution < -0.4 is 15.4 Å². The van der Waals surface area contributed by atoms with Crippen LogP contribution in [0.25, 0.3) is 10.8 Å². The maximum absolute atomic E-state index is 13.5. The van der Waals surface area contributed by atoms with Gasteiger partial charge in [0.05, 0.1) is 17.0 Å². The number of hydrogen-bond acceptors (Lipinski definition) is 6. The normalized spacial score (nSPS) is 20.5. The lowest BCUT2D eigenvalue weighted by Crippen LogP contribution is -2.50. The minimum Gasteiger partial charge on any atom is -0.392 e. The smallest absolute Gasteiger partial charge is 0.255 e. The molecule has 0 radical (unpaired) electrons. The van der Waals surface area contributed by atoms with E-state index in [1.807, 2.05) is 19.1 Å². The zero-order chi connectivity index (χ0) is 26.9. The van der Waals surface area contributed by atoms with Gasteiger partial charge in [-0.3, -0.25) is 9.59 Å². The summed E-state index contributed by atoms with van der Waals surface area (Å²) in [5.74, 6) is -0.303. The lowest BCUT2D eigenvalue weighted by molar-refractivity contribution is -0.134. The molecule has 2 aliphatic rings. The molecule has 2 aliphatic heterocycles. The number of hydrogen-bond donors (Lipinski definition) is 4. The summed E-state index contributed by atoms with van der Waals surface area (Å²) >= 11 is 0. The number of carbonyl (C=O) groups excluding carboxylic acids is 2. The van der Waals surface area contributed by atoms with Gasteiger partial charge in [-0.25, -0.2) is 13.1 Å². The van der Waals surface area contributed by atoms with E-state index in [2.05, 4.69) is 15.4 Å². The molecule has 2 fully saturated rings. The van der Waals surface area contributed by atoms with Crippen LogP contribution in [0.3, 0.4) is 0 Å². The van der Waals surface area contributed by atoms with Gasteiger partial charge in [-0.15, -0.1) is 0 Å². The fraction of sp³-hybridized carbons (Fsp3) is 0.357. The van der Waals surface area contributed by atoms with Crippen LogP contribution in [-0.4, -0.2) is 68.1 Å². The number of amides is 2. The standard InChI is InChI=1S/C28H32N4O5S/c1-18-6-2-3-7-21(18)27(34)30-24-10-4-9-23-22(24)8-5-11-26(23)38(36,37)31-19-12-14-32(15-13-19)28(35)25-16-20(33)17-29-25/h2-11,19-20,25,29,31,33H,12-17H2,1H3,(H,30,34)/t20-,25+/m1/s1. The van der Waals surface area contributed by atoms with Crippen LogP contribution in [0.2, 0.25) is 0 Å². The molecule has 4 N–H and O–H groups in total. The van der Waals surface area contributed by atoms with Crippen molar-refractivity contribution in [3.63, 3.8) is 0 Å². The molecule has 2 saturated heterocycles. The highest BCUT2D eigenvalue weighted by Crippen LogP contribution is 2.30. The van der Waals surface area contributed by atoms with Gasteiger partial charge < -0.3 is 20.6 Å². The molecule has 200 valence electrons. The molecule has 3 aromatic rings. The topological polar surface area (TPSA) is 128 Å². The average molecular weight is 537 g/mol. The first-order valence-electron chi connectivity index (χ1n) is 12.8. The van der Waals surface area contributed by atoms with E-state index in [1.165, 1.54) is 0 Å². The van der Waals surface area contributed by atoms with E-state index in [0.717, 1.165) is 5.56 Å². The Kier molecular flexibility index (Phi) is 7.49. The molecule has 0 aliphatic carbocycles. The van der Waals surface area contributed by atoms with Crippen molar-refractivity contribution in [2.75, 3.05) is 25.0 Å². The number of carbonyl (C=O) groups is 2. The molecule has 0 spiro atoms. The van der Waals surface area contributed by atoms with Crippen LogP contribution in [0, 0.1) is 6.92 Å². The molecule has 5 rings (SSSR count). The van der Waals surface area contributed by atoms with Crippen LogP contribution in [-0.2, 0) is 14.8 Å². The van der Waals surface area contributed by atoms with Crippen LogP contribution in [0.5, 0.6) is 0 Å². The summed E-state index contributed by atoms with van der Waals surface area (Å²) in [6.07, 6.45) is 0.899. The van der Waals surface area contributed by atoms with Gasteiger partial charge in [-0.1, -0.05) is 42.5 Å². The number of nitrogens with one attached hydrogen (secondary N) is 3. The second kappa shape index (κ2) is 10.8. The molecule has 2 atom stereocenters. The van der Waals surface area contributed by atoms with Gasteiger partial charge >= 0.3 is 0 Å². The van der Waals surface area contributed by atoms with Gasteiger partial charge in [0.1, 0.15) is 0 Å². The van der Waals surface area contributed by atoms with E-state index in [-0.39, 0.29) is 28.8 Å². The molecule has 2 amide bonds. The Balaban J connectivity index is 1.30. The van der Waals surface area contributed by atoms with Crippen LogP contribution in [0.4, 0.5) is 5.69 Å². The lowest BCUT2D eigenvalue weighted by atomic mass is 10.0. The summed E-state index contributed by atoms with van der Waals surface area (Å²) < 4.78 is 29.7. The number of aliphatic hydroxyl groups is 1. The third-order valence-corrected chi connectivity index (χ3v) is 8.92. The van der Waals surface area contributed by atoms with Gasteiger partial charge in [0.25, 0.3) is 5.91 Å². The first-order chi connectivity index (χ1) is 18.2. The minimum atomic E-state index is -3.86. The minimum absolute atomic E-state index is 0.0443. The summed E-state index contributed by atoms with van der Waals surface area (Å²) in [6.45, 7) is 3.18. The third kappa shape index (κ3) is 5.44. The number of fused-ring (bicyclic) bond motifs is 1. The zero-order valence-electron chi connectivity index (χ0n) is 21.2. The van der Waals surface area contributed by atoms with Gasteiger partial charge in [0.15, 0.2) is 0 Å². The predicted octanol–water partition coefficient (Wildman–Crippen LogP) is 2.39. The molecular formula is C28H32N4O5S. The summed E-state index contributed by atoms with van der Waals surface area (Å²) in [5, 5.41) is 16.8. The second-order valence-electron chi connectivity index (χ2n) is 10.00. The Labute approximate surface area is 222 Å². The van der Waals surface area contributed by atoms with Crippen LogP contribution in [0.15, 0.2) is 65.6 Å². The molecule has 0 unspecified atom stereocenters. The SMILES string of the molecule is Cc1ccccc1C(=O)Nc1cccc2c(S(=O)(=O)NC3CCN(C(=O)[C@@H]4C[C@@H](O)CN4)CC3)cccc12. The first kappa shape index (κ1) is 26.3. The van der Waals surface area contributed by atoms with E-state index >= 15 is 0 Å². The number of sulfonamides is 1. The number of aliphatic hydroxyl groups excluding tert-OH is 1. The number of benzene rings is 3. The monoisotopic (exact) mass is 536 g/mol. The maximum Gasteiger partial charge on any atom is 0.255 e. The van der Waals surface area contributed by atoms with Gasteiger partial charge in [-0.2, -0.15) is 0 Å². The number of piperidine rings is 1. The molecule has 2 heterocycles. The highest BCUT2D eigenvalue weighted by atomic mass is 32.2. The Morgan fingerprint density at radius 1 is 0.974 bits per heavy atom. The first-order valence-corrected chi connectivity index (χ1v) is 14.3. The fourth-order valence-electron chi connectivity index (χ4n) is 5.27. The summed E-state index contributed by atoms with van der Waals surface area (Å²) in [5.41, 5.74) is 1.94. The van der Waals surface area contributed by atoms with Crippen molar-refractivity contribution in [2.45, 2.75) is 49.3 Å². The molecule has 9 nitrogen and oxygen atoms in total. The Bertz CT molecular complexity index is 1470.